The lowest BCUT2D eigenvalue weighted by molar-refractivity contribution is -0.134. The molecule has 0 bridgehead atoms. The molecule has 2 aromatic carbocycles. The van der Waals surface area contributed by atoms with Crippen LogP contribution in [-0.4, -0.2) is 35.8 Å². The number of nitrogens with zero attached hydrogens (tertiary/aromatic N) is 3. The maximum atomic E-state index is 13.0. The highest BCUT2D eigenvalue weighted by Gasteiger charge is 2.50. The first-order valence-corrected chi connectivity index (χ1v) is 8.97. The van der Waals surface area contributed by atoms with Gasteiger partial charge in [-0.3, -0.25) is 14.5 Å². The number of anilines is 1. The summed E-state index contributed by atoms with van der Waals surface area (Å²) in [7, 11) is 0. The summed E-state index contributed by atoms with van der Waals surface area (Å²) in [6.07, 6.45) is 0.751. The number of imide groups is 1. The molecule has 140 valence electrons. The molecule has 4 rings (SSSR count). The average molecular weight is 374 g/mol. The van der Waals surface area contributed by atoms with Gasteiger partial charge >= 0.3 is 6.03 Å². The number of nitrogens with one attached hydrogen (secondary N) is 1. The Labute approximate surface area is 162 Å². The topological polar surface area (TPSA) is 93.5 Å². The smallest absolute Gasteiger partial charge is 0.319 e. The minimum absolute atomic E-state index is 0.302. The molecule has 0 saturated carbocycles. The zero-order valence-corrected chi connectivity index (χ0v) is 15.3. The minimum atomic E-state index is -1.31. The summed E-state index contributed by atoms with van der Waals surface area (Å²) in [4.78, 5) is 40.9. The van der Waals surface area contributed by atoms with Crippen molar-refractivity contribution in [2.24, 2.45) is 0 Å². The van der Waals surface area contributed by atoms with Crippen molar-refractivity contribution >= 4 is 23.5 Å². The van der Waals surface area contributed by atoms with Crippen molar-refractivity contribution in [3.8, 4) is 6.07 Å². The van der Waals surface area contributed by atoms with Crippen molar-refractivity contribution in [1.82, 2.24) is 10.2 Å². The Morgan fingerprint density at radius 2 is 2.00 bits per heavy atom. The maximum Gasteiger partial charge on any atom is 0.325 e. The van der Waals surface area contributed by atoms with Crippen LogP contribution in [-0.2, 0) is 21.5 Å². The van der Waals surface area contributed by atoms with Gasteiger partial charge in [0.05, 0.1) is 11.6 Å². The van der Waals surface area contributed by atoms with Crippen LogP contribution < -0.4 is 10.2 Å². The zero-order chi connectivity index (χ0) is 19.9. The van der Waals surface area contributed by atoms with E-state index in [1.54, 1.807) is 36.1 Å². The third-order valence-electron chi connectivity index (χ3n) is 5.33. The van der Waals surface area contributed by atoms with Crippen molar-refractivity contribution in [2.75, 3.05) is 18.0 Å². The fourth-order valence-electron chi connectivity index (χ4n) is 3.75. The van der Waals surface area contributed by atoms with Crippen LogP contribution in [0, 0.1) is 11.3 Å². The molecule has 0 radical (unpaired) electrons. The van der Waals surface area contributed by atoms with Crippen LogP contribution in [0.1, 0.15) is 23.6 Å². The number of amides is 4. The van der Waals surface area contributed by atoms with E-state index in [2.05, 4.69) is 5.32 Å². The van der Waals surface area contributed by atoms with E-state index in [1.807, 2.05) is 30.3 Å². The molecule has 28 heavy (non-hydrogen) atoms. The van der Waals surface area contributed by atoms with Gasteiger partial charge in [-0.15, -0.1) is 0 Å². The number of rotatable bonds is 3. The molecule has 7 heteroatoms. The Morgan fingerprint density at radius 1 is 1.21 bits per heavy atom. The molecule has 4 amide bonds. The summed E-state index contributed by atoms with van der Waals surface area (Å²) in [5.74, 6) is -0.808. The molecular weight excluding hydrogens is 356 g/mol. The second kappa shape index (κ2) is 6.50. The average Bonchev–Trinajstić information content (AvgIpc) is 3.23. The molecule has 2 aromatic rings. The molecule has 1 fully saturated rings. The number of para-hydroxylation sites is 1. The molecular formula is C21H18N4O3. The highest BCUT2D eigenvalue weighted by atomic mass is 16.2. The first-order chi connectivity index (χ1) is 13.4. The summed E-state index contributed by atoms with van der Waals surface area (Å²) < 4.78 is 0. The standard InChI is InChI=1S/C21H18N4O3/c1-21(16-7-4-5-14(11-16)12-22)19(27)25(20(28)23-21)13-18(26)24-10-9-15-6-2-3-8-17(15)24/h2-8,11H,9-10,13H2,1H3,(H,23,28)/t21-/m1/s1. The maximum absolute atomic E-state index is 13.0. The summed E-state index contributed by atoms with van der Waals surface area (Å²) >= 11 is 0. The second-order valence-electron chi connectivity index (χ2n) is 7.06. The zero-order valence-electron chi connectivity index (χ0n) is 15.3. The van der Waals surface area contributed by atoms with Gasteiger partial charge in [0.2, 0.25) is 5.91 Å². The molecule has 2 heterocycles. The van der Waals surface area contributed by atoms with E-state index in [-0.39, 0.29) is 12.5 Å². The van der Waals surface area contributed by atoms with E-state index in [1.165, 1.54) is 0 Å². The summed E-state index contributed by atoms with van der Waals surface area (Å²) in [6, 6.07) is 15.6. The molecule has 2 aliphatic rings. The van der Waals surface area contributed by atoms with Crippen LogP contribution in [0.4, 0.5) is 10.5 Å². The largest absolute Gasteiger partial charge is 0.325 e. The van der Waals surface area contributed by atoms with Gasteiger partial charge in [-0.1, -0.05) is 30.3 Å². The number of nitriles is 1. The molecule has 0 spiro atoms. The van der Waals surface area contributed by atoms with Gasteiger partial charge in [-0.2, -0.15) is 5.26 Å². The molecule has 1 N–H and O–H groups in total. The Balaban J connectivity index is 1.57. The molecule has 2 aliphatic heterocycles. The van der Waals surface area contributed by atoms with Gasteiger partial charge in [0.15, 0.2) is 0 Å². The van der Waals surface area contributed by atoms with Crippen molar-refractivity contribution in [2.45, 2.75) is 18.9 Å². The van der Waals surface area contributed by atoms with Crippen LogP contribution in [0.25, 0.3) is 0 Å². The molecule has 7 nitrogen and oxygen atoms in total. The number of fused-ring (bicyclic) bond motifs is 1. The number of benzene rings is 2. The number of carbonyl (C=O) groups is 3. The van der Waals surface area contributed by atoms with Crippen molar-refractivity contribution < 1.29 is 14.4 Å². The lowest BCUT2D eigenvalue weighted by atomic mass is 9.91. The highest BCUT2D eigenvalue weighted by molar-refractivity contribution is 6.10. The van der Waals surface area contributed by atoms with Crippen LogP contribution in [0.2, 0.25) is 0 Å². The van der Waals surface area contributed by atoms with Crippen molar-refractivity contribution in [1.29, 1.82) is 5.26 Å². The number of urea groups is 1. The Kier molecular flexibility index (Phi) is 4.12. The monoisotopic (exact) mass is 374 g/mol. The molecule has 1 saturated heterocycles. The Bertz CT molecular complexity index is 1040. The third-order valence-corrected chi connectivity index (χ3v) is 5.33. The van der Waals surface area contributed by atoms with E-state index in [4.69, 9.17) is 5.26 Å². The fourth-order valence-corrected chi connectivity index (χ4v) is 3.75. The summed E-state index contributed by atoms with van der Waals surface area (Å²) in [5, 5.41) is 11.8. The predicted octanol–water partition coefficient (Wildman–Crippen LogP) is 1.91. The van der Waals surface area contributed by atoms with Crippen LogP contribution >= 0.6 is 0 Å². The van der Waals surface area contributed by atoms with Crippen LogP contribution in [0.15, 0.2) is 48.5 Å². The first-order valence-electron chi connectivity index (χ1n) is 8.97. The van der Waals surface area contributed by atoms with Gasteiger partial charge in [0.25, 0.3) is 5.91 Å². The Morgan fingerprint density at radius 3 is 2.79 bits per heavy atom. The first kappa shape index (κ1) is 17.7. The molecule has 0 aliphatic carbocycles. The second-order valence-corrected chi connectivity index (χ2v) is 7.06. The van der Waals surface area contributed by atoms with Crippen LogP contribution in [0.5, 0.6) is 0 Å². The number of carbonyl (C=O) groups excluding carboxylic acids is 3. The lowest BCUT2D eigenvalue weighted by Crippen LogP contribution is -2.44. The van der Waals surface area contributed by atoms with Gasteiger partial charge in [-0.05, 0) is 42.7 Å². The molecule has 0 aromatic heterocycles. The molecule has 1 atom stereocenters. The lowest BCUT2D eigenvalue weighted by Gasteiger charge is -2.23. The van der Waals surface area contributed by atoms with Gasteiger partial charge in [-0.25, -0.2) is 4.79 Å². The normalized spacial score (nSPS) is 20.7. The summed E-state index contributed by atoms with van der Waals surface area (Å²) in [5.41, 5.74) is 1.48. The van der Waals surface area contributed by atoms with Crippen molar-refractivity contribution in [3.05, 3.63) is 65.2 Å². The van der Waals surface area contributed by atoms with Crippen molar-refractivity contribution in [3.63, 3.8) is 0 Å². The van der Waals surface area contributed by atoms with Crippen LogP contribution in [0.3, 0.4) is 0 Å². The van der Waals surface area contributed by atoms with E-state index < -0.39 is 17.5 Å². The summed E-state index contributed by atoms with van der Waals surface area (Å²) in [6.45, 7) is 1.79. The van der Waals surface area contributed by atoms with Gasteiger partial charge in [0, 0.05) is 12.2 Å². The SMILES string of the molecule is C[C@]1(c2cccc(C#N)c2)NC(=O)N(CC(=O)N2CCc3ccccc32)C1=O. The van der Waals surface area contributed by atoms with E-state index in [0.717, 1.165) is 22.6 Å². The van der Waals surface area contributed by atoms with E-state index in [0.29, 0.717) is 17.7 Å². The highest BCUT2D eigenvalue weighted by Crippen LogP contribution is 2.31. The molecule has 0 unspecified atom stereocenters. The number of hydrogen-bond acceptors (Lipinski definition) is 4. The minimum Gasteiger partial charge on any atom is -0.319 e. The third kappa shape index (κ3) is 2.70. The number of hydrogen-bond donors (Lipinski definition) is 1. The van der Waals surface area contributed by atoms with Gasteiger partial charge in [0.1, 0.15) is 12.1 Å². The quantitative estimate of drug-likeness (QED) is 0.831. The van der Waals surface area contributed by atoms with Gasteiger partial charge < -0.3 is 10.2 Å². The van der Waals surface area contributed by atoms with E-state index in [9.17, 15) is 14.4 Å². The van der Waals surface area contributed by atoms with E-state index >= 15 is 0 Å². The Hall–Kier alpha value is -3.66. The fraction of sp³-hybridized carbons (Fsp3) is 0.238. The predicted molar refractivity (Wildman–Crippen MR) is 101 cm³/mol.